The molecule has 0 aliphatic rings. The standard InChI is InChI=1S/C63H116O6/c1-4-7-10-13-16-19-22-24-26-28-29-30-31-32-33-35-36-38-41-44-47-50-53-56-62(65)68-59-60(58-67-61(64)55-52-49-46-43-40-21-18-15-12-9-6-3)69-63(66)57-54-51-48-45-42-39-37-34-27-25-23-20-17-14-11-8-5-2/h22,24-25,27-29,60H,4-21,23,26,30-59H2,1-3H3/b24-22-,27-25-,29-28-. The van der Waals surface area contributed by atoms with E-state index in [-0.39, 0.29) is 31.1 Å². The van der Waals surface area contributed by atoms with Crippen LogP contribution in [-0.2, 0) is 28.6 Å². The molecule has 6 nitrogen and oxygen atoms in total. The van der Waals surface area contributed by atoms with E-state index in [4.69, 9.17) is 14.2 Å². The first-order valence-corrected chi connectivity index (χ1v) is 30.5. The monoisotopic (exact) mass is 969 g/mol. The molecular formula is C63H116O6. The quantitative estimate of drug-likeness (QED) is 0.0261. The summed E-state index contributed by atoms with van der Waals surface area (Å²) in [5, 5.41) is 0. The Morgan fingerprint density at radius 2 is 0.522 bits per heavy atom. The van der Waals surface area contributed by atoms with Gasteiger partial charge < -0.3 is 14.2 Å². The first-order chi connectivity index (χ1) is 34.0. The number of carbonyl (C=O) groups is 3. The molecule has 1 atom stereocenters. The van der Waals surface area contributed by atoms with Gasteiger partial charge in [0, 0.05) is 19.3 Å². The summed E-state index contributed by atoms with van der Waals surface area (Å²) in [6.45, 7) is 6.66. The summed E-state index contributed by atoms with van der Waals surface area (Å²) in [4.78, 5) is 38.2. The Hall–Kier alpha value is -2.37. The highest BCUT2D eigenvalue weighted by Gasteiger charge is 2.19. The minimum Gasteiger partial charge on any atom is -0.462 e. The molecule has 1 unspecified atom stereocenters. The van der Waals surface area contributed by atoms with Crippen LogP contribution in [0.3, 0.4) is 0 Å². The molecule has 0 saturated heterocycles. The highest BCUT2D eigenvalue weighted by molar-refractivity contribution is 5.71. The molecule has 0 spiro atoms. The third-order valence-corrected chi connectivity index (χ3v) is 13.6. The summed E-state index contributed by atoms with van der Waals surface area (Å²) in [5.41, 5.74) is 0. The molecule has 0 N–H and O–H groups in total. The lowest BCUT2D eigenvalue weighted by atomic mass is 10.0. The fraction of sp³-hybridized carbons (Fsp3) is 0.857. The number of carbonyl (C=O) groups excluding carboxylic acids is 3. The van der Waals surface area contributed by atoms with Crippen LogP contribution in [0.4, 0.5) is 0 Å². The zero-order valence-electron chi connectivity index (χ0n) is 46.3. The Kier molecular flexibility index (Phi) is 56.2. The van der Waals surface area contributed by atoms with Crippen molar-refractivity contribution in [3.05, 3.63) is 36.5 Å². The van der Waals surface area contributed by atoms with Crippen molar-refractivity contribution in [1.82, 2.24) is 0 Å². The summed E-state index contributed by atoms with van der Waals surface area (Å²) in [7, 11) is 0. The van der Waals surface area contributed by atoms with Crippen LogP contribution in [0.1, 0.15) is 329 Å². The Morgan fingerprint density at radius 3 is 0.812 bits per heavy atom. The molecule has 0 aliphatic heterocycles. The number of ether oxygens (including phenoxy) is 3. The molecule has 0 fully saturated rings. The van der Waals surface area contributed by atoms with Gasteiger partial charge in [-0.15, -0.1) is 0 Å². The van der Waals surface area contributed by atoms with Gasteiger partial charge in [0.25, 0.3) is 0 Å². The SMILES string of the molecule is CCCCCCC/C=C\C/C=C\CCCCCCCCCCCCCC(=O)OCC(COC(=O)CCCCCCCCCCCCC)OC(=O)CCCCCCCCC/C=C\CCCCCCCC. The number of unbranched alkanes of at least 4 members (excludes halogenated alkanes) is 39. The molecule has 0 aromatic rings. The van der Waals surface area contributed by atoms with E-state index in [1.807, 2.05) is 0 Å². The van der Waals surface area contributed by atoms with E-state index in [1.165, 1.54) is 225 Å². The predicted octanol–water partition coefficient (Wildman–Crippen LogP) is 20.4. The lowest BCUT2D eigenvalue weighted by Crippen LogP contribution is -2.30. The van der Waals surface area contributed by atoms with Crippen molar-refractivity contribution in [2.45, 2.75) is 335 Å². The molecule has 404 valence electrons. The van der Waals surface area contributed by atoms with E-state index in [0.717, 1.165) is 64.2 Å². The third kappa shape index (κ3) is 56.4. The van der Waals surface area contributed by atoms with Crippen molar-refractivity contribution in [2.75, 3.05) is 13.2 Å². The normalized spacial score (nSPS) is 12.2. The van der Waals surface area contributed by atoms with E-state index in [0.29, 0.717) is 19.3 Å². The van der Waals surface area contributed by atoms with Gasteiger partial charge in [0.1, 0.15) is 13.2 Å². The molecule has 6 heteroatoms. The molecular weight excluding hydrogens is 853 g/mol. The number of allylic oxidation sites excluding steroid dienone is 6. The van der Waals surface area contributed by atoms with Crippen LogP contribution in [0.15, 0.2) is 36.5 Å². The molecule has 0 radical (unpaired) electrons. The first-order valence-electron chi connectivity index (χ1n) is 30.5. The van der Waals surface area contributed by atoms with Gasteiger partial charge in [-0.05, 0) is 77.0 Å². The average molecular weight is 970 g/mol. The van der Waals surface area contributed by atoms with Crippen molar-refractivity contribution in [3.8, 4) is 0 Å². The van der Waals surface area contributed by atoms with Gasteiger partial charge in [-0.2, -0.15) is 0 Å². The van der Waals surface area contributed by atoms with Gasteiger partial charge in [0.2, 0.25) is 0 Å². The van der Waals surface area contributed by atoms with Gasteiger partial charge in [0.05, 0.1) is 0 Å². The topological polar surface area (TPSA) is 78.9 Å². The molecule has 0 saturated carbocycles. The van der Waals surface area contributed by atoms with Gasteiger partial charge in [-0.3, -0.25) is 14.4 Å². The third-order valence-electron chi connectivity index (χ3n) is 13.6. The number of hydrogen-bond donors (Lipinski definition) is 0. The summed E-state index contributed by atoms with van der Waals surface area (Å²) in [6, 6.07) is 0. The fourth-order valence-corrected chi connectivity index (χ4v) is 9.00. The number of hydrogen-bond acceptors (Lipinski definition) is 6. The molecule has 0 bridgehead atoms. The largest absolute Gasteiger partial charge is 0.462 e. The van der Waals surface area contributed by atoms with Gasteiger partial charge in [-0.25, -0.2) is 0 Å². The zero-order valence-corrected chi connectivity index (χ0v) is 46.3. The maximum absolute atomic E-state index is 12.9. The van der Waals surface area contributed by atoms with Crippen LogP contribution >= 0.6 is 0 Å². The van der Waals surface area contributed by atoms with Gasteiger partial charge in [0.15, 0.2) is 6.10 Å². The van der Waals surface area contributed by atoms with E-state index in [2.05, 4.69) is 57.2 Å². The van der Waals surface area contributed by atoms with Gasteiger partial charge in [-0.1, -0.05) is 269 Å². The maximum atomic E-state index is 12.9. The van der Waals surface area contributed by atoms with Crippen LogP contribution < -0.4 is 0 Å². The number of esters is 3. The summed E-state index contributed by atoms with van der Waals surface area (Å²) < 4.78 is 16.9. The summed E-state index contributed by atoms with van der Waals surface area (Å²) >= 11 is 0. The van der Waals surface area contributed by atoms with Crippen molar-refractivity contribution in [3.63, 3.8) is 0 Å². The second-order valence-electron chi connectivity index (χ2n) is 20.6. The smallest absolute Gasteiger partial charge is 0.306 e. The van der Waals surface area contributed by atoms with Crippen LogP contribution in [0.5, 0.6) is 0 Å². The van der Waals surface area contributed by atoms with E-state index >= 15 is 0 Å². The minimum absolute atomic E-state index is 0.0705. The Bertz CT molecular complexity index is 1160. The molecule has 0 amide bonds. The predicted molar refractivity (Wildman–Crippen MR) is 298 cm³/mol. The van der Waals surface area contributed by atoms with Crippen molar-refractivity contribution in [2.24, 2.45) is 0 Å². The Labute approximate surface area is 429 Å². The average Bonchev–Trinajstić information content (AvgIpc) is 3.35. The van der Waals surface area contributed by atoms with Crippen LogP contribution in [0.25, 0.3) is 0 Å². The lowest BCUT2D eigenvalue weighted by Gasteiger charge is -2.18. The highest BCUT2D eigenvalue weighted by atomic mass is 16.6. The molecule has 0 aromatic carbocycles. The van der Waals surface area contributed by atoms with E-state index < -0.39 is 6.10 Å². The molecule has 0 heterocycles. The maximum Gasteiger partial charge on any atom is 0.306 e. The number of rotatable bonds is 56. The highest BCUT2D eigenvalue weighted by Crippen LogP contribution is 2.16. The molecule has 0 aromatic heterocycles. The van der Waals surface area contributed by atoms with Crippen molar-refractivity contribution >= 4 is 17.9 Å². The molecule has 0 aliphatic carbocycles. The molecule has 0 rings (SSSR count). The Morgan fingerprint density at radius 1 is 0.290 bits per heavy atom. The lowest BCUT2D eigenvalue weighted by molar-refractivity contribution is -0.167. The second kappa shape index (κ2) is 58.2. The van der Waals surface area contributed by atoms with Crippen molar-refractivity contribution < 1.29 is 28.6 Å². The summed E-state index contributed by atoms with van der Waals surface area (Å²) in [6.07, 6.45) is 70.0. The van der Waals surface area contributed by atoms with Crippen molar-refractivity contribution in [1.29, 1.82) is 0 Å². The van der Waals surface area contributed by atoms with E-state index in [1.54, 1.807) is 0 Å². The van der Waals surface area contributed by atoms with Crippen LogP contribution in [0, 0.1) is 0 Å². The van der Waals surface area contributed by atoms with Gasteiger partial charge >= 0.3 is 17.9 Å². The summed E-state index contributed by atoms with van der Waals surface area (Å²) in [5.74, 6) is -0.859. The second-order valence-corrected chi connectivity index (χ2v) is 20.6. The first kappa shape index (κ1) is 66.6. The molecule has 69 heavy (non-hydrogen) atoms. The zero-order chi connectivity index (χ0) is 50.0. The van der Waals surface area contributed by atoms with Crippen LogP contribution in [0.2, 0.25) is 0 Å². The Balaban J connectivity index is 4.26. The van der Waals surface area contributed by atoms with E-state index in [9.17, 15) is 14.4 Å². The minimum atomic E-state index is -0.772. The van der Waals surface area contributed by atoms with Crippen LogP contribution in [-0.4, -0.2) is 37.2 Å². The fourth-order valence-electron chi connectivity index (χ4n) is 9.00.